The molecule has 3 heteroatoms. The summed E-state index contributed by atoms with van der Waals surface area (Å²) < 4.78 is 14.1. The number of thioether (sulfide) groups is 1. The van der Waals surface area contributed by atoms with Crippen LogP contribution in [0.25, 0.3) is 0 Å². The topological polar surface area (TPSA) is 26.0 Å². The largest absolute Gasteiger partial charge is 0.399 e. The summed E-state index contributed by atoms with van der Waals surface area (Å²) in [6, 6.07) is 7.11. The Morgan fingerprint density at radius 2 is 2.00 bits per heavy atom. The summed E-state index contributed by atoms with van der Waals surface area (Å²) in [4.78, 5) is 0. The fourth-order valence-corrected chi connectivity index (χ4v) is 2.80. The minimum absolute atomic E-state index is 0.580. The smallest absolute Gasteiger partial charge is 0.145 e. The summed E-state index contributed by atoms with van der Waals surface area (Å²) in [6.07, 6.45) is 0.627. The summed E-state index contributed by atoms with van der Waals surface area (Å²) in [5.41, 5.74) is 5.89. The van der Waals surface area contributed by atoms with E-state index in [0.29, 0.717) is 17.9 Å². The van der Waals surface area contributed by atoms with Crippen LogP contribution in [0.5, 0.6) is 0 Å². The first kappa shape index (κ1) is 8.88. The molecule has 0 amide bonds. The van der Waals surface area contributed by atoms with Crippen molar-refractivity contribution in [2.24, 2.45) is 0 Å². The maximum atomic E-state index is 14.1. The van der Waals surface area contributed by atoms with Crippen LogP contribution in [0.15, 0.2) is 24.3 Å². The Labute approximate surface area is 81.5 Å². The summed E-state index contributed by atoms with van der Waals surface area (Å²) >= 11 is 1.67. The predicted octanol–water partition coefficient (Wildman–Crippen LogP) is 2.57. The van der Waals surface area contributed by atoms with Crippen LogP contribution in [-0.4, -0.2) is 11.5 Å². The van der Waals surface area contributed by atoms with Gasteiger partial charge < -0.3 is 5.73 Å². The number of alkyl halides is 1. The average molecular weight is 197 g/mol. The molecular weight excluding hydrogens is 185 g/mol. The first-order chi connectivity index (χ1) is 6.21. The molecule has 0 spiro atoms. The van der Waals surface area contributed by atoms with Gasteiger partial charge in [0, 0.05) is 11.4 Å². The fraction of sp³-hybridized carbons (Fsp3) is 0.400. The number of nitrogens with two attached hydrogens (primary N) is 1. The van der Waals surface area contributed by atoms with Crippen molar-refractivity contribution in [3.63, 3.8) is 0 Å². The van der Waals surface area contributed by atoms with Gasteiger partial charge in [0.2, 0.25) is 0 Å². The van der Waals surface area contributed by atoms with Crippen LogP contribution in [0.1, 0.15) is 12.0 Å². The van der Waals surface area contributed by atoms with E-state index in [2.05, 4.69) is 0 Å². The van der Waals surface area contributed by atoms with E-state index >= 15 is 0 Å². The van der Waals surface area contributed by atoms with E-state index in [4.69, 9.17) is 5.73 Å². The Bertz CT molecular complexity index is 290. The van der Waals surface area contributed by atoms with Gasteiger partial charge >= 0.3 is 0 Å². The van der Waals surface area contributed by atoms with E-state index in [-0.39, 0.29) is 0 Å². The van der Waals surface area contributed by atoms with Crippen LogP contribution in [0, 0.1) is 0 Å². The molecule has 1 aromatic rings. The van der Waals surface area contributed by atoms with Crippen LogP contribution in [0.2, 0.25) is 0 Å². The lowest BCUT2D eigenvalue weighted by atomic mass is 9.95. The number of benzene rings is 1. The van der Waals surface area contributed by atoms with E-state index in [9.17, 15) is 4.39 Å². The van der Waals surface area contributed by atoms with Gasteiger partial charge in [-0.25, -0.2) is 4.39 Å². The molecular formula is C10H12FNS. The van der Waals surface area contributed by atoms with Crippen molar-refractivity contribution in [2.75, 3.05) is 17.2 Å². The Kier molecular flexibility index (Phi) is 2.20. The molecule has 1 aliphatic heterocycles. The lowest BCUT2D eigenvalue weighted by Gasteiger charge is -2.18. The zero-order chi connectivity index (χ0) is 9.31. The van der Waals surface area contributed by atoms with E-state index in [0.717, 1.165) is 11.3 Å². The lowest BCUT2D eigenvalue weighted by molar-refractivity contribution is 0.202. The van der Waals surface area contributed by atoms with Crippen LogP contribution in [0.4, 0.5) is 10.1 Å². The fourth-order valence-electron chi connectivity index (χ4n) is 1.55. The van der Waals surface area contributed by atoms with Gasteiger partial charge in [-0.05, 0) is 29.9 Å². The molecule has 0 bridgehead atoms. The molecule has 2 rings (SSSR count). The highest BCUT2D eigenvalue weighted by Gasteiger charge is 2.35. The number of halogens is 1. The minimum atomic E-state index is -1.11. The summed E-state index contributed by atoms with van der Waals surface area (Å²) in [5.74, 6) is 1.50. The van der Waals surface area contributed by atoms with Crippen molar-refractivity contribution >= 4 is 17.4 Å². The second-order valence-electron chi connectivity index (χ2n) is 3.39. The molecule has 1 saturated heterocycles. The molecule has 1 atom stereocenters. The van der Waals surface area contributed by atoms with Crippen LogP contribution < -0.4 is 5.73 Å². The lowest BCUT2D eigenvalue weighted by Crippen LogP contribution is -2.18. The normalized spacial score (nSPS) is 27.8. The molecule has 1 unspecified atom stereocenters. The van der Waals surface area contributed by atoms with Gasteiger partial charge in [0.15, 0.2) is 0 Å². The zero-order valence-corrected chi connectivity index (χ0v) is 8.11. The number of rotatable bonds is 1. The summed E-state index contributed by atoms with van der Waals surface area (Å²) in [7, 11) is 0. The molecule has 1 aliphatic rings. The van der Waals surface area contributed by atoms with Gasteiger partial charge in [0.1, 0.15) is 5.67 Å². The van der Waals surface area contributed by atoms with E-state index in [1.54, 1.807) is 36.0 Å². The first-order valence-corrected chi connectivity index (χ1v) is 5.49. The molecule has 70 valence electrons. The van der Waals surface area contributed by atoms with Gasteiger partial charge in [-0.15, -0.1) is 0 Å². The van der Waals surface area contributed by atoms with Crippen molar-refractivity contribution in [1.29, 1.82) is 0 Å². The first-order valence-electron chi connectivity index (χ1n) is 4.33. The maximum Gasteiger partial charge on any atom is 0.145 e. The summed E-state index contributed by atoms with van der Waals surface area (Å²) in [5, 5.41) is 0. The van der Waals surface area contributed by atoms with Crippen molar-refractivity contribution in [3.8, 4) is 0 Å². The Hall–Kier alpha value is -0.700. The molecule has 1 fully saturated rings. The number of nitrogen functional groups attached to an aromatic ring is 1. The van der Waals surface area contributed by atoms with Gasteiger partial charge in [-0.2, -0.15) is 11.8 Å². The number of hydrogen-bond donors (Lipinski definition) is 1. The van der Waals surface area contributed by atoms with Gasteiger partial charge in [-0.3, -0.25) is 0 Å². The third-order valence-electron chi connectivity index (χ3n) is 2.40. The van der Waals surface area contributed by atoms with Gasteiger partial charge in [-0.1, -0.05) is 12.1 Å². The molecule has 0 aliphatic carbocycles. The molecule has 0 saturated carbocycles. The standard InChI is InChI=1S/C10H12FNS/c11-10(5-6-13-7-10)8-1-3-9(12)4-2-8/h1-4H,5-7,12H2. The average Bonchev–Trinajstić information content (AvgIpc) is 2.54. The van der Waals surface area contributed by atoms with Gasteiger partial charge in [0.25, 0.3) is 0 Å². The second kappa shape index (κ2) is 3.22. The Balaban J connectivity index is 2.29. The second-order valence-corrected chi connectivity index (χ2v) is 4.50. The van der Waals surface area contributed by atoms with Crippen molar-refractivity contribution in [1.82, 2.24) is 0 Å². The van der Waals surface area contributed by atoms with Crippen molar-refractivity contribution in [3.05, 3.63) is 29.8 Å². The quantitative estimate of drug-likeness (QED) is 0.700. The summed E-state index contributed by atoms with van der Waals surface area (Å²) in [6.45, 7) is 0. The van der Waals surface area contributed by atoms with Gasteiger partial charge in [0.05, 0.1) is 0 Å². The van der Waals surface area contributed by atoms with Crippen molar-refractivity contribution in [2.45, 2.75) is 12.1 Å². The van der Waals surface area contributed by atoms with E-state index < -0.39 is 5.67 Å². The Morgan fingerprint density at radius 3 is 2.54 bits per heavy atom. The zero-order valence-electron chi connectivity index (χ0n) is 7.29. The van der Waals surface area contributed by atoms with Crippen LogP contribution >= 0.6 is 11.8 Å². The van der Waals surface area contributed by atoms with E-state index in [1.807, 2.05) is 0 Å². The molecule has 0 aromatic heterocycles. The SMILES string of the molecule is Nc1ccc(C2(F)CCSC2)cc1. The highest BCUT2D eigenvalue weighted by atomic mass is 32.2. The molecule has 0 radical (unpaired) electrons. The highest BCUT2D eigenvalue weighted by Crippen LogP contribution is 2.40. The Morgan fingerprint density at radius 1 is 1.31 bits per heavy atom. The maximum absolute atomic E-state index is 14.1. The highest BCUT2D eigenvalue weighted by molar-refractivity contribution is 7.99. The van der Waals surface area contributed by atoms with Crippen LogP contribution in [0.3, 0.4) is 0 Å². The van der Waals surface area contributed by atoms with E-state index in [1.165, 1.54) is 0 Å². The number of anilines is 1. The molecule has 1 aromatic carbocycles. The molecule has 1 nitrogen and oxygen atoms in total. The monoisotopic (exact) mass is 197 g/mol. The number of hydrogen-bond acceptors (Lipinski definition) is 2. The minimum Gasteiger partial charge on any atom is -0.399 e. The predicted molar refractivity (Wildman–Crippen MR) is 55.6 cm³/mol. The molecule has 2 N–H and O–H groups in total. The third-order valence-corrected chi connectivity index (χ3v) is 3.56. The molecule has 1 heterocycles. The van der Waals surface area contributed by atoms with Crippen LogP contribution in [-0.2, 0) is 5.67 Å². The molecule has 13 heavy (non-hydrogen) atoms. The third kappa shape index (κ3) is 1.66. The van der Waals surface area contributed by atoms with Crippen molar-refractivity contribution < 1.29 is 4.39 Å².